The molecule has 1 aromatic rings. The minimum absolute atomic E-state index is 0.118. The van der Waals surface area contributed by atoms with Crippen LogP contribution in [-0.4, -0.2) is 12.8 Å². The Morgan fingerprint density at radius 3 is 2.56 bits per heavy atom. The van der Waals surface area contributed by atoms with Gasteiger partial charge in [-0.05, 0) is 19.1 Å². The molecule has 1 aromatic carbocycles. The normalized spacial score (nSPS) is 14.1. The summed E-state index contributed by atoms with van der Waals surface area (Å²) < 4.78 is 49.5. The maximum atomic E-state index is 12.5. The van der Waals surface area contributed by atoms with Crippen LogP contribution in [0.15, 0.2) is 46.4 Å². The average Bonchev–Trinajstić information content (AvgIpc) is 2.25. The van der Waals surface area contributed by atoms with Crippen molar-refractivity contribution in [1.29, 1.82) is 0 Å². The second kappa shape index (κ2) is 5.84. The zero-order chi connectivity index (χ0) is 12.9. The number of allylic oxidation sites excluding steroid dienone is 1. The summed E-state index contributed by atoms with van der Waals surface area (Å²) in [5.74, 6) is -1.24. The summed E-state index contributed by atoms with van der Waals surface area (Å²) in [5, 5.41) is -0.634. The first kappa shape index (κ1) is 11.4. The van der Waals surface area contributed by atoms with Crippen LogP contribution in [0.3, 0.4) is 0 Å². The molecule has 0 heterocycles. The molecule has 1 rings (SSSR count). The highest BCUT2D eigenvalue weighted by Crippen LogP contribution is 2.30. The van der Waals surface area contributed by atoms with Gasteiger partial charge in [-0.15, -0.1) is 0 Å². The molecule has 88 valence electrons. The number of thioether (sulfide) groups is 1. The molecule has 0 aromatic heterocycles. The SMILES string of the molecule is [2H]/C(Sc1ccccc1)=C(\OCC)C(F)(F)F. The maximum absolute atomic E-state index is 12.5. The van der Waals surface area contributed by atoms with Crippen LogP contribution in [0.25, 0.3) is 0 Å². The molecular formula is C11H11F3OS. The quantitative estimate of drug-likeness (QED) is 0.583. The molecule has 0 fully saturated rings. The largest absolute Gasteiger partial charge is 0.489 e. The topological polar surface area (TPSA) is 9.23 Å². The Balaban J connectivity index is 2.93. The van der Waals surface area contributed by atoms with Crippen molar-refractivity contribution in [1.82, 2.24) is 0 Å². The van der Waals surface area contributed by atoms with Crippen LogP contribution < -0.4 is 0 Å². The van der Waals surface area contributed by atoms with Gasteiger partial charge in [-0.3, -0.25) is 0 Å². The first-order valence-corrected chi connectivity index (χ1v) is 5.40. The van der Waals surface area contributed by atoms with E-state index in [0.717, 1.165) is 11.8 Å². The molecule has 0 spiro atoms. The fourth-order valence-corrected chi connectivity index (χ4v) is 1.59. The van der Waals surface area contributed by atoms with Crippen LogP contribution in [0.1, 0.15) is 8.29 Å². The molecule has 0 aliphatic heterocycles. The van der Waals surface area contributed by atoms with E-state index in [1.54, 1.807) is 30.3 Å². The molecular weight excluding hydrogens is 237 g/mol. The van der Waals surface area contributed by atoms with Crippen molar-refractivity contribution >= 4 is 11.8 Å². The predicted molar refractivity (Wildman–Crippen MR) is 58.1 cm³/mol. The number of halogens is 3. The van der Waals surface area contributed by atoms with Gasteiger partial charge in [0.15, 0.2) is 0 Å². The van der Waals surface area contributed by atoms with Gasteiger partial charge >= 0.3 is 6.18 Å². The van der Waals surface area contributed by atoms with Gasteiger partial charge in [0.2, 0.25) is 5.76 Å². The third kappa shape index (κ3) is 4.18. The zero-order valence-electron chi connectivity index (χ0n) is 9.54. The summed E-state index contributed by atoms with van der Waals surface area (Å²) in [6.07, 6.45) is -4.63. The molecule has 0 aliphatic rings. The van der Waals surface area contributed by atoms with E-state index in [0.29, 0.717) is 4.90 Å². The Hall–Kier alpha value is -1.10. The molecule has 0 radical (unpaired) electrons. The first-order valence-electron chi connectivity index (χ1n) is 5.09. The Bertz CT molecular complexity index is 389. The van der Waals surface area contributed by atoms with Crippen molar-refractivity contribution in [3.63, 3.8) is 0 Å². The highest BCUT2D eigenvalue weighted by Gasteiger charge is 2.35. The van der Waals surface area contributed by atoms with Gasteiger partial charge in [0.05, 0.1) is 7.98 Å². The molecule has 0 N–H and O–H groups in total. The van der Waals surface area contributed by atoms with Gasteiger partial charge in [0.1, 0.15) is 0 Å². The van der Waals surface area contributed by atoms with Gasteiger partial charge in [0, 0.05) is 10.3 Å². The zero-order valence-corrected chi connectivity index (χ0v) is 9.36. The van der Waals surface area contributed by atoms with Crippen molar-refractivity contribution in [2.24, 2.45) is 0 Å². The predicted octanol–water partition coefficient (Wildman–Crippen LogP) is 4.22. The van der Waals surface area contributed by atoms with E-state index in [9.17, 15) is 13.2 Å². The molecule has 16 heavy (non-hydrogen) atoms. The molecule has 0 atom stereocenters. The van der Waals surface area contributed by atoms with Crippen LogP contribution >= 0.6 is 11.8 Å². The van der Waals surface area contributed by atoms with Gasteiger partial charge in [-0.2, -0.15) is 13.2 Å². The number of alkyl halides is 3. The summed E-state index contributed by atoms with van der Waals surface area (Å²) in [4.78, 5) is 0.568. The average molecular weight is 249 g/mol. The molecule has 0 aliphatic carbocycles. The van der Waals surface area contributed by atoms with Crippen molar-refractivity contribution < 1.29 is 19.3 Å². The Kier molecular flexibility index (Phi) is 4.16. The molecule has 5 heteroatoms. The van der Waals surface area contributed by atoms with Crippen molar-refractivity contribution in [2.45, 2.75) is 18.0 Å². The molecule has 0 saturated heterocycles. The summed E-state index contributed by atoms with van der Waals surface area (Å²) >= 11 is 0.720. The Labute approximate surface area is 97.7 Å². The number of hydrogen-bond acceptors (Lipinski definition) is 2. The third-order valence-electron chi connectivity index (χ3n) is 1.55. The van der Waals surface area contributed by atoms with Crippen LogP contribution in [0.4, 0.5) is 13.2 Å². The van der Waals surface area contributed by atoms with Gasteiger partial charge in [-0.25, -0.2) is 0 Å². The van der Waals surface area contributed by atoms with E-state index < -0.39 is 17.3 Å². The lowest BCUT2D eigenvalue weighted by atomic mass is 10.4. The minimum Gasteiger partial charge on any atom is -0.489 e. The first-order chi connectivity index (χ1) is 7.95. The molecule has 0 unspecified atom stereocenters. The summed E-state index contributed by atoms with van der Waals surface area (Å²) in [6, 6.07) is 8.43. The number of benzene rings is 1. The van der Waals surface area contributed by atoms with Gasteiger partial charge < -0.3 is 4.74 Å². The van der Waals surface area contributed by atoms with Crippen molar-refractivity contribution in [3.8, 4) is 0 Å². The highest BCUT2D eigenvalue weighted by atomic mass is 32.2. The lowest BCUT2D eigenvalue weighted by molar-refractivity contribution is -0.129. The Morgan fingerprint density at radius 1 is 1.44 bits per heavy atom. The molecule has 0 bridgehead atoms. The Morgan fingerprint density at radius 2 is 2.06 bits per heavy atom. The minimum atomic E-state index is -4.63. The standard InChI is InChI=1S/C11H11F3OS/c1-2-15-10(11(12,13)14)8-16-9-6-4-3-5-7-9/h3-8H,2H2,1H3/b10-8+/i8D. The van der Waals surface area contributed by atoms with Crippen LogP contribution in [0.2, 0.25) is 0 Å². The molecule has 0 saturated carbocycles. The summed E-state index contributed by atoms with van der Waals surface area (Å²) in [5.41, 5.74) is 0. The second-order valence-electron chi connectivity index (χ2n) is 2.78. The van der Waals surface area contributed by atoms with Crippen molar-refractivity contribution in [3.05, 3.63) is 41.5 Å². The van der Waals surface area contributed by atoms with Crippen LogP contribution in [0, 0.1) is 0 Å². The fourth-order valence-electron chi connectivity index (χ4n) is 0.907. The van der Waals surface area contributed by atoms with E-state index in [1.807, 2.05) is 0 Å². The van der Waals surface area contributed by atoms with E-state index in [-0.39, 0.29) is 6.61 Å². The van der Waals surface area contributed by atoms with E-state index in [1.165, 1.54) is 6.92 Å². The molecule has 1 nitrogen and oxygen atoms in total. The van der Waals surface area contributed by atoms with Crippen LogP contribution in [0.5, 0.6) is 0 Å². The van der Waals surface area contributed by atoms with Crippen LogP contribution in [-0.2, 0) is 4.74 Å². The lowest BCUT2D eigenvalue weighted by Crippen LogP contribution is -2.14. The maximum Gasteiger partial charge on any atom is 0.449 e. The number of hydrogen-bond donors (Lipinski definition) is 0. The van der Waals surface area contributed by atoms with Gasteiger partial charge in [0.25, 0.3) is 0 Å². The monoisotopic (exact) mass is 249 g/mol. The lowest BCUT2D eigenvalue weighted by Gasteiger charge is -2.11. The van der Waals surface area contributed by atoms with E-state index in [4.69, 9.17) is 1.37 Å². The fraction of sp³-hybridized carbons (Fsp3) is 0.273. The van der Waals surface area contributed by atoms with Gasteiger partial charge in [-0.1, -0.05) is 30.0 Å². The summed E-state index contributed by atoms with van der Waals surface area (Å²) in [7, 11) is 0. The smallest absolute Gasteiger partial charge is 0.449 e. The van der Waals surface area contributed by atoms with E-state index >= 15 is 0 Å². The second-order valence-corrected chi connectivity index (χ2v) is 3.66. The van der Waals surface area contributed by atoms with Crippen molar-refractivity contribution in [2.75, 3.05) is 6.61 Å². The third-order valence-corrected chi connectivity index (χ3v) is 2.35. The summed E-state index contributed by atoms with van der Waals surface area (Å²) in [6.45, 7) is 1.33. The van der Waals surface area contributed by atoms with E-state index in [2.05, 4.69) is 4.74 Å². The number of rotatable bonds is 4. The molecule has 0 amide bonds. The highest BCUT2D eigenvalue weighted by molar-refractivity contribution is 8.02. The number of ether oxygens (including phenoxy) is 1.